The Labute approximate surface area is 76.3 Å². The summed E-state index contributed by atoms with van der Waals surface area (Å²) in [6, 6.07) is 0. The maximum Gasteiger partial charge on any atom is 0.302 e. The maximum atomic E-state index is 10.6. The Morgan fingerprint density at radius 3 is 2.69 bits per heavy atom. The van der Waals surface area contributed by atoms with Crippen LogP contribution in [0.25, 0.3) is 0 Å². The van der Waals surface area contributed by atoms with E-state index in [1.165, 1.54) is 6.92 Å². The first kappa shape index (κ1) is 10.4. The van der Waals surface area contributed by atoms with E-state index in [1.54, 1.807) is 6.92 Å². The number of esters is 1. The quantitative estimate of drug-likeness (QED) is 0.540. The van der Waals surface area contributed by atoms with Gasteiger partial charge in [0.2, 0.25) is 0 Å². The first-order valence-corrected chi connectivity index (χ1v) is 4.19. The van der Waals surface area contributed by atoms with Gasteiger partial charge in [0.25, 0.3) is 0 Å². The van der Waals surface area contributed by atoms with Crippen LogP contribution in [-0.2, 0) is 14.3 Å². The normalized spacial score (nSPS) is 40.0. The largest absolute Gasteiger partial charge is 0.459 e. The first-order valence-electron chi connectivity index (χ1n) is 4.19. The topological polar surface area (TPSA) is 76.0 Å². The number of carbonyl (C=O) groups is 1. The summed E-state index contributed by atoms with van der Waals surface area (Å²) in [5, 5.41) is 18.6. The highest BCUT2D eigenvalue weighted by atomic mass is 16.6. The van der Waals surface area contributed by atoms with Crippen LogP contribution in [0, 0.1) is 0 Å². The number of aliphatic hydroxyl groups excluding tert-OH is 2. The summed E-state index contributed by atoms with van der Waals surface area (Å²) in [5.74, 6) is -0.467. The van der Waals surface area contributed by atoms with Crippen molar-refractivity contribution in [1.82, 2.24) is 0 Å². The van der Waals surface area contributed by atoms with Gasteiger partial charge >= 0.3 is 5.97 Å². The molecule has 1 aliphatic rings. The fraction of sp³-hybridized carbons (Fsp3) is 0.875. The highest BCUT2D eigenvalue weighted by molar-refractivity contribution is 5.66. The summed E-state index contributed by atoms with van der Waals surface area (Å²) in [6.45, 7) is 2.88. The van der Waals surface area contributed by atoms with Crippen LogP contribution in [0.5, 0.6) is 0 Å². The molecular formula is C8H14O5. The third-order valence-electron chi connectivity index (χ3n) is 1.98. The minimum absolute atomic E-state index is 0.116. The molecule has 0 saturated carbocycles. The van der Waals surface area contributed by atoms with Gasteiger partial charge in [0.15, 0.2) is 6.29 Å². The van der Waals surface area contributed by atoms with E-state index in [0.29, 0.717) is 0 Å². The van der Waals surface area contributed by atoms with Gasteiger partial charge in [-0.05, 0) is 6.92 Å². The molecular weight excluding hydrogens is 176 g/mol. The van der Waals surface area contributed by atoms with E-state index in [1.807, 2.05) is 0 Å². The van der Waals surface area contributed by atoms with E-state index in [4.69, 9.17) is 14.6 Å². The van der Waals surface area contributed by atoms with Crippen molar-refractivity contribution >= 4 is 5.97 Å². The standard InChI is InChI=1S/C8H14O5/c1-4-8(11)6(13-5(2)9)3-7(10)12-4/h4,6-8,10-11H,3H2,1-2H3/t4-,6+,7+,8+/m1/s1. The summed E-state index contributed by atoms with van der Waals surface area (Å²) in [4.78, 5) is 10.6. The number of hydrogen-bond acceptors (Lipinski definition) is 5. The predicted octanol–water partition coefficient (Wildman–Crippen LogP) is -0.594. The van der Waals surface area contributed by atoms with Crippen molar-refractivity contribution in [2.75, 3.05) is 0 Å². The predicted molar refractivity (Wildman–Crippen MR) is 42.7 cm³/mol. The van der Waals surface area contributed by atoms with E-state index >= 15 is 0 Å². The Morgan fingerprint density at radius 1 is 1.54 bits per heavy atom. The lowest BCUT2D eigenvalue weighted by atomic mass is 10.0. The molecule has 0 bridgehead atoms. The molecule has 5 heteroatoms. The summed E-state index contributed by atoms with van der Waals surface area (Å²) in [6.07, 6.45) is -2.91. The Morgan fingerprint density at radius 2 is 2.15 bits per heavy atom. The van der Waals surface area contributed by atoms with Crippen molar-refractivity contribution in [2.24, 2.45) is 0 Å². The molecule has 0 radical (unpaired) electrons. The van der Waals surface area contributed by atoms with Crippen molar-refractivity contribution in [3.8, 4) is 0 Å². The molecule has 0 amide bonds. The van der Waals surface area contributed by atoms with Gasteiger partial charge in [0.05, 0.1) is 6.10 Å². The minimum Gasteiger partial charge on any atom is -0.459 e. The van der Waals surface area contributed by atoms with Gasteiger partial charge in [-0.15, -0.1) is 0 Å². The van der Waals surface area contributed by atoms with Gasteiger partial charge < -0.3 is 19.7 Å². The monoisotopic (exact) mass is 190 g/mol. The van der Waals surface area contributed by atoms with Crippen molar-refractivity contribution < 1.29 is 24.5 Å². The average Bonchev–Trinajstić information content (AvgIpc) is 1.98. The molecule has 4 atom stereocenters. The Hall–Kier alpha value is -0.650. The lowest BCUT2D eigenvalue weighted by molar-refractivity contribution is -0.233. The van der Waals surface area contributed by atoms with Crippen molar-refractivity contribution in [3.63, 3.8) is 0 Å². The van der Waals surface area contributed by atoms with Crippen LogP contribution in [0.4, 0.5) is 0 Å². The molecule has 1 rings (SSSR count). The molecule has 76 valence electrons. The van der Waals surface area contributed by atoms with Gasteiger partial charge in [-0.1, -0.05) is 0 Å². The average molecular weight is 190 g/mol. The number of hydrogen-bond donors (Lipinski definition) is 2. The second-order valence-corrected chi connectivity index (χ2v) is 3.17. The van der Waals surface area contributed by atoms with E-state index in [2.05, 4.69) is 0 Å². The van der Waals surface area contributed by atoms with E-state index < -0.39 is 30.6 Å². The van der Waals surface area contributed by atoms with E-state index in [-0.39, 0.29) is 6.42 Å². The molecule has 13 heavy (non-hydrogen) atoms. The molecule has 0 aromatic carbocycles. The lowest BCUT2D eigenvalue weighted by Gasteiger charge is -2.34. The SMILES string of the molecule is CC(=O)O[C@H]1C[C@@H](O)O[C@H](C)[C@@H]1O. The van der Waals surface area contributed by atoms with Crippen LogP contribution in [0.2, 0.25) is 0 Å². The molecule has 2 N–H and O–H groups in total. The van der Waals surface area contributed by atoms with E-state index in [9.17, 15) is 9.90 Å². The van der Waals surface area contributed by atoms with Crippen LogP contribution in [0.1, 0.15) is 20.3 Å². The Kier molecular flexibility index (Phi) is 3.24. The lowest BCUT2D eigenvalue weighted by Crippen LogP contribution is -2.48. The maximum absolute atomic E-state index is 10.6. The fourth-order valence-electron chi connectivity index (χ4n) is 1.36. The molecule has 1 saturated heterocycles. The third kappa shape index (κ3) is 2.65. The van der Waals surface area contributed by atoms with E-state index in [0.717, 1.165) is 0 Å². The van der Waals surface area contributed by atoms with Gasteiger partial charge in [-0.3, -0.25) is 4.79 Å². The molecule has 0 aliphatic carbocycles. The zero-order valence-corrected chi connectivity index (χ0v) is 7.64. The summed E-state index contributed by atoms with van der Waals surface area (Å²) >= 11 is 0. The molecule has 5 nitrogen and oxygen atoms in total. The minimum atomic E-state index is -0.970. The molecule has 1 heterocycles. The molecule has 0 aromatic heterocycles. The molecule has 1 aliphatic heterocycles. The van der Waals surface area contributed by atoms with Gasteiger partial charge in [0.1, 0.15) is 12.2 Å². The van der Waals surface area contributed by atoms with Crippen LogP contribution < -0.4 is 0 Å². The van der Waals surface area contributed by atoms with Crippen molar-refractivity contribution in [3.05, 3.63) is 0 Å². The molecule has 0 unspecified atom stereocenters. The Bertz CT molecular complexity index is 193. The number of ether oxygens (including phenoxy) is 2. The van der Waals surface area contributed by atoms with Crippen LogP contribution in [0.15, 0.2) is 0 Å². The van der Waals surface area contributed by atoms with Gasteiger partial charge in [-0.25, -0.2) is 0 Å². The van der Waals surface area contributed by atoms with Crippen LogP contribution in [-0.4, -0.2) is 40.8 Å². The van der Waals surface area contributed by atoms with Gasteiger partial charge in [-0.2, -0.15) is 0 Å². The second-order valence-electron chi connectivity index (χ2n) is 3.17. The van der Waals surface area contributed by atoms with Crippen LogP contribution in [0.3, 0.4) is 0 Å². The molecule has 1 fully saturated rings. The first-order chi connectivity index (χ1) is 6.00. The summed E-state index contributed by atoms with van der Waals surface area (Å²) in [7, 11) is 0. The fourth-order valence-corrected chi connectivity index (χ4v) is 1.36. The zero-order valence-electron chi connectivity index (χ0n) is 7.64. The number of carbonyl (C=O) groups excluding carboxylic acids is 1. The number of rotatable bonds is 1. The molecule has 0 aromatic rings. The summed E-state index contributed by atoms with van der Waals surface area (Å²) in [5.41, 5.74) is 0. The zero-order chi connectivity index (χ0) is 10.0. The number of aliphatic hydroxyl groups is 2. The van der Waals surface area contributed by atoms with Gasteiger partial charge in [0, 0.05) is 13.3 Å². The highest BCUT2D eigenvalue weighted by Gasteiger charge is 2.36. The smallest absolute Gasteiger partial charge is 0.302 e. The van der Waals surface area contributed by atoms with Crippen LogP contribution >= 0.6 is 0 Å². The second kappa shape index (κ2) is 4.04. The van der Waals surface area contributed by atoms with Crippen molar-refractivity contribution in [1.29, 1.82) is 0 Å². The molecule has 0 spiro atoms. The highest BCUT2D eigenvalue weighted by Crippen LogP contribution is 2.21. The van der Waals surface area contributed by atoms with Crippen molar-refractivity contribution in [2.45, 2.75) is 44.9 Å². The Balaban J connectivity index is 2.55. The third-order valence-corrected chi connectivity index (χ3v) is 1.98. The summed E-state index contributed by atoms with van der Waals surface area (Å²) < 4.78 is 9.74.